The van der Waals surface area contributed by atoms with E-state index in [9.17, 15) is 0 Å². The summed E-state index contributed by atoms with van der Waals surface area (Å²) in [4.78, 5) is 6.74. The molecule has 20 heavy (non-hydrogen) atoms. The number of aromatic nitrogens is 1. The average Bonchev–Trinajstić information content (AvgIpc) is 2.91. The lowest BCUT2D eigenvalue weighted by Gasteiger charge is -2.13. The second kappa shape index (κ2) is 6.49. The molecule has 0 saturated carbocycles. The molecule has 0 saturated heterocycles. The minimum absolute atomic E-state index is 0.0296. The van der Waals surface area contributed by atoms with Crippen LogP contribution in [0.15, 0.2) is 35.6 Å². The predicted molar refractivity (Wildman–Crippen MR) is 81.1 cm³/mol. The Morgan fingerprint density at radius 2 is 2.30 bits per heavy atom. The van der Waals surface area contributed by atoms with Gasteiger partial charge in [-0.2, -0.15) is 0 Å². The number of amidine groups is 1. The molecule has 106 valence electrons. The number of nitrogens with two attached hydrogens (primary N) is 1. The predicted octanol–water partition coefficient (Wildman–Crippen LogP) is 2.40. The van der Waals surface area contributed by atoms with Gasteiger partial charge in [0.2, 0.25) is 0 Å². The maximum atomic E-state index is 8.78. The SMILES string of the molecule is Cc1ccc(C(C)NCc2cccnc2C(N)=NO)s1. The molecule has 6 heteroatoms. The van der Waals surface area contributed by atoms with Gasteiger partial charge in [0, 0.05) is 28.5 Å². The monoisotopic (exact) mass is 290 g/mol. The maximum absolute atomic E-state index is 8.78. The van der Waals surface area contributed by atoms with Gasteiger partial charge < -0.3 is 16.3 Å². The van der Waals surface area contributed by atoms with E-state index in [1.54, 1.807) is 17.5 Å². The van der Waals surface area contributed by atoms with Crippen molar-refractivity contribution in [3.8, 4) is 0 Å². The number of thiophene rings is 1. The van der Waals surface area contributed by atoms with E-state index in [-0.39, 0.29) is 11.9 Å². The summed E-state index contributed by atoms with van der Waals surface area (Å²) in [5.74, 6) is 0.0296. The highest BCUT2D eigenvalue weighted by atomic mass is 32.1. The van der Waals surface area contributed by atoms with Crippen molar-refractivity contribution in [2.75, 3.05) is 0 Å². The summed E-state index contributed by atoms with van der Waals surface area (Å²) in [7, 11) is 0. The van der Waals surface area contributed by atoms with Gasteiger partial charge in [0.15, 0.2) is 5.84 Å². The van der Waals surface area contributed by atoms with Crippen LogP contribution in [0.2, 0.25) is 0 Å². The minimum atomic E-state index is 0.0296. The van der Waals surface area contributed by atoms with Crippen molar-refractivity contribution in [2.45, 2.75) is 26.4 Å². The fourth-order valence-corrected chi connectivity index (χ4v) is 2.81. The number of hydrogen-bond acceptors (Lipinski definition) is 5. The molecule has 1 atom stereocenters. The molecular weight excluding hydrogens is 272 g/mol. The molecule has 0 radical (unpaired) electrons. The van der Waals surface area contributed by atoms with Gasteiger partial charge in [-0.05, 0) is 37.6 Å². The Morgan fingerprint density at radius 3 is 2.95 bits per heavy atom. The van der Waals surface area contributed by atoms with Crippen molar-refractivity contribution in [3.05, 3.63) is 51.5 Å². The summed E-state index contributed by atoms with van der Waals surface area (Å²) in [5, 5.41) is 15.2. The normalized spacial score (nSPS) is 13.4. The smallest absolute Gasteiger partial charge is 0.189 e. The molecule has 0 aliphatic rings. The van der Waals surface area contributed by atoms with Crippen molar-refractivity contribution in [2.24, 2.45) is 10.9 Å². The Kier molecular flexibility index (Phi) is 4.70. The van der Waals surface area contributed by atoms with E-state index in [1.165, 1.54) is 9.75 Å². The van der Waals surface area contributed by atoms with Crippen LogP contribution in [0, 0.1) is 6.92 Å². The summed E-state index contributed by atoms with van der Waals surface area (Å²) in [6.45, 7) is 4.82. The van der Waals surface area contributed by atoms with E-state index in [2.05, 4.69) is 41.4 Å². The fourth-order valence-electron chi connectivity index (χ4n) is 1.91. The average molecular weight is 290 g/mol. The van der Waals surface area contributed by atoms with Crippen LogP contribution in [0.3, 0.4) is 0 Å². The molecule has 5 nitrogen and oxygen atoms in total. The van der Waals surface area contributed by atoms with E-state index in [4.69, 9.17) is 10.9 Å². The molecule has 2 aromatic rings. The van der Waals surface area contributed by atoms with Gasteiger partial charge in [-0.3, -0.25) is 4.98 Å². The van der Waals surface area contributed by atoms with Gasteiger partial charge in [-0.25, -0.2) is 0 Å². The number of aryl methyl sites for hydroxylation is 1. The molecule has 1 unspecified atom stereocenters. The van der Waals surface area contributed by atoms with Gasteiger partial charge in [-0.15, -0.1) is 11.3 Å². The first-order valence-electron chi connectivity index (χ1n) is 6.33. The molecule has 0 aromatic carbocycles. The lowest BCUT2D eigenvalue weighted by atomic mass is 10.1. The lowest BCUT2D eigenvalue weighted by Crippen LogP contribution is -2.22. The van der Waals surface area contributed by atoms with Crippen LogP contribution in [0.1, 0.15) is 34.0 Å². The van der Waals surface area contributed by atoms with Crippen LogP contribution in [0.4, 0.5) is 0 Å². The van der Waals surface area contributed by atoms with Crippen molar-refractivity contribution in [1.29, 1.82) is 0 Å². The second-order valence-electron chi connectivity index (χ2n) is 4.55. The van der Waals surface area contributed by atoms with E-state index < -0.39 is 0 Å². The van der Waals surface area contributed by atoms with Crippen molar-refractivity contribution < 1.29 is 5.21 Å². The van der Waals surface area contributed by atoms with Gasteiger partial charge in [0.25, 0.3) is 0 Å². The van der Waals surface area contributed by atoms with Crippen LogP contribution in [0.25, 0.3) is 0 Å². The zero-order valence-corrected chi connectivity index (χ0v) is 12.3. The van der Waals surface area contributed by atoms with Crippen molar-refractivity contribution in [3.63, 3.8) is 0 Å². The standard InChI is InChI=1S/C14H18N4OS/c1-9-5-6-12(20-9)10(2)17-8-11-4-3-7-16-13(11)14(15)18-19/h3-7,10,17,19H,8H2,1-2H3,(H2,15,18). The number of nitrogens with zero attached hydrogens (tertiary/aromatic N) is 2. The zero-order valence-electron chi connectivity index (χ0n) is 11.5. The molecule has 0 spiro atoms. The van der Waals surface area contributed by atoms with Crippen LogP contribution in [-0.2, 0) is 6.54 Å². The molecule has 0 aliphatic carbocycles. The number of hydrogen-bond donors (Lipinski definition) is 3. The Morgan fingerprint density at radius 1 is 1.50 bits per heavy atom. The zero-order chi connectivity index (χ0) is 14.5. The number of oxime groups is 1. The topological polar surface area (TPSA) is 83.5 Å². The van der Waals surface area contributed by atoms with Gasteiger partial charge in [0.05, 0.1) is 0 Å². The highest BCUT2D eigenvalue weighted by Gasteiger charge is 2.11. The van der Waals surface area contributed by atoms with Crippen LogP contribution >= 0.6 is 11.3 Å². The number of nitrogens with one attached hydrogen (secondary N) is 1. The maximum Gasteiger partial charge on any atom is 0.189 e. The number of rotatable bonds is 5. The number of pyridine rings is 1. The highest BCUT2D eigenvalue weighted by Crippen LogP contribution is 2.22. The molecule has 4 N–H and O–H groups in total. The largest absolute Gasteiger partial charge is 0.409 e. The molecule has 0 fully saturated rings. The lowest BCUT2D eigenvalue weighted by molar-refractivity contribution is 0.318. The summed E-state index contributed by atoms with van der Waals surface area (Å²) in [6, 6.07) is 8.24. The first-order chi connectivity index (χ1) is 9.61. The van der Waals surface area contributed by atoms with Gasteiger partial charge in [-0.1, -0.05) is 11.2 Å². The molecule has 0 bridgehead atoms. The Hall–Kier alpha value is -1.92. The van der Waals surface area contributed by atoms with Crippen molar-refractivity contribution in [1.82, 2.24) is 10.3 Å². The summed E-state index contributed by atoms with van der Waals surface area (Å²) in [6.07, 6.45) is 1.63. The fraction of sp³-hybridized carbons (Fsp3) is 0.286. The molecule has 0 aliphatic heterocycles. The highest BCUT2D eigenvalue weighted by molar-refractivity contribution is 7.12. The Labute approximate surface area is 122 Å². The summed E-state index contributed by atoms with van der Waals surface area (Å²) < 4.78 is 0. The Bertz CT molecular complexity index is 609. The second-order valence-corrected chi connectivity index (χ2v) is 5.87. The van der Waals surface area contributed by atoms with Crippen LogP contribution in [-0.4, -0.2) is 16.0 Å². The van der Waals surface area contributed by atoms with E-state index in [1.807, 2.05) is 12.1 Å². The summed E-state index contributed by atoms with van der Waals surface area (Å²) in [5.41, 5.74) is 7.04. The van der Waals surface area contributed by atoms with Crippen LogP contribution in [0.5, 0.6) is 0 Å². The molecule has 2 heterocycles. The third-order valence-corrected chi connectivity index (χ3v) is 4.21. The third kappa shape index (κ3) is 3.34. The quantitative estimate of drug-likeness (QED) is 0.342. The molecule has 2 rings (SSSR count). The first-order valence-corrected chi connectivity index (χ1v) is 7.15. The molecule has 0 amide bonds. The molecule has 2 aromatic heterocycles. The first kappa shape index (κ1) is 14.5. The summed E-state index contributed by atoms with van der Waals surface area (Å²) >= 11 is 1.78. The molecular formula is C14H18N4OS. The van der Waals surface area contributed by atoms with Crippen molar-refractivity contribution >= 4 is 17.2 Å². The van der Waals surface area contributed by atoms with E-state index >= 15 is 0 Å². The van der Waals surface area contributed by atoms with Crippen LogP contribution < -0.4 is 11.1 Å². The Balaban J connectivity index is 2.08. The van der Waals surface area contributed by atoms with E-state index in [0.717, 1.165) is 5.56 Å². The van der Waals surface area contributed by atoms with Gasteiger partial charge >= 0.3 is 0 Å². The van der Waals surface area contributed by atoms with E-state index in [0.29, 0.717) is 12.2 Å². The minimum Gasteiger partial charge on any atom is -0.409 e. The van der Waals surface area contributed by atoms with Gasteiger partial charge in [0.1, 0.15) is 5.69 Å². The third-order valence-electron chi connectivity index (χ3n) is 3.03.